The molecule has 10 heteroatoms. The molecule has 35 heavy (non-hydrogen) atoms. The highest BCUT2D eigenvalue weighted by Gasteiger charge is 2.16. The molecule has 2 aromatic carbocycles. The number of anilines is 1. The van der Waals surface area contributed by atoms with E-state index in [1.54, 1.807) is 24.4 Å². The number of carbonyl (C=O) groups is 1. The van der Waals surface area contributed by atoms with Crippen molar-refractivity contribution < 1.29 is 22.1 Å². The maximum Gasteiger partial charge on any atom is 0.407 e. The second kappa shape index (κ2) is 11.3. The molecular formula is C25H30N4O5S. The van der Waals surface area contributed by atoms with E-state index in [4.69, 9.17) is 8.92 Å². The first-order valence-corrected chi connectivity index (χ1v) is 12.5. The van der Waals surface area contributed by atoms with E-state index in [0.717, 1.165) is 16.8 Å². The number of nitrogens with zero attached hydrogens (tertiary/aromatic N) is 2. The standard InChI is InChI=1S/C25H30N4O5S/c1-18-5-11-22(12-6-18)35(31,32)33-17-21-13-14-27-23(29-21)19-7-9-20(10-8-19)26-15-16-28-24(30)34-25(2,3)4/h5-14,26H,15-17H2,1-4H3,(H,28,30). The van der Waals surface area contributed by atoms with Gasteiger partial charge in [0.05, 0.1) is 10.6 Å². The molecule has 3 rings (SSSR count). The zero-order valence-corrected chi connectivity index (χ0v) is 21.1. The van der Waals surface area contributed by atoms with Gasteiger partial charge in [-0.3, -0.25) is 4.18 Å². The third kappa shape index (κ3) is 8.34. The maximum absolute atomic E-state index is 12.4. The third-order valence-corrected chi connectivity index (χ3v) is 5.93. The van der Waals surface area contributed by atoms with Crippen molar-refractivity contribution in [1.29, 1.82) is 0 Å². The molecule has 0 fully saturated rings. The summed E-state index contributed by atoms with van der Waals surface area (Å²) in [5.41, 5.74) is 2.51. The quantitative estimate of drug-likeness (QED) is 0.331. The van der Waals surface area contributed by atoms with Gasteiger partial charge in [0, 0.05) is 30.5 Å². The normalized spacial score (nSPS) is 11.7. The average molecular weight is 499 g/mol. The van der Waals surface area contributed by atoms with Crippen LogP contribution in [-0.4, -0.2) is 43.2 Å². The van der Waals surface area contributed by atoms with Crippen LogP contribution in [0.4, 0.5) is 10.5 Å². The molecule has 0 aliphatic heterocycles. The van der Waals surface area contributed by atoms with E-state index in [2.05, 4.69) is 20.6 Å². The molecule has 0 unspecified atom stereocenters. The van der Waals surface area contributed by atoms with Gasteiger partial charge in [0.25, 0.3) is 10.1 Å². The summed E-state index contributed by atoms with van der Waals surface area (Å²) in [6.45, 7) is 8.05. The van der Waals surface area contributed by atoms with Gasteiger partial charge in [-0.2, -0.15) is 8.42 Å². The topological polar surface area (TPSA) is 120 Å². The molecule has 9 nitrogen and oxygen atoms in total. The van der Waals surface area contributed by atoms with Crippen LogP contribution in [0.15, 0.2) is 65.7 Å². The number of aryl methyl sites for hydroxylation is 1. The number of benzene rings is 2. The van der Waals surface area contributed by atoms with Crippen LogP contribution in [-0.2, 0) is 25.6 Å². The maximum atomic E-state index is 12.4. The zero-order chi connectivity index (χ0) is 25.5. The summed E-state index contributed by atoms with van der Waals surface area (Å²) < 4.78 is 35.2. The Morgan fingerprint density at radius 1 is 0.971 bits per heavy atom. The van der Waals surface area contributed by atoms with Crippen LogP contribution >= 0.6 is 0 Å². The fourth-order valence-corrected chi connectivity index (χ4v) is 3.83. The number of hydrogen-bond acceptors (Lipinski definition) is 8. The molecular weight excluding hydrogens is 468 g/mol. The number of ether oxygens (including phenoxy) is 1. The van der Waals surface area contributed by atoms with E-state index < -0.39 is 21.8 Å². The first kappa shape index (κ1) is 26.1. The summed E-state index contributed by atoms with van der Waals surface area (Å²) in [6, 6.07) is 15.5. The van der Waals surface area contributed by atoms with Crippen LogP contribution in [0.2, 0.25) is 0 Å². The van der Waals surface area contributed by atoms with Gasteiger partial charge in [-0.05, 0) is 70.2 Å². The van der Waals surface area contributed by atoms with Crippen molar-refractivity contribution in [3.8, 4) is 11.4 Å². The molecule has 1 aromatic heterocycles. The predicted molar refractivity (Wildman–Crippen MR) is 133 cm³/mol. The van der Waals surface area contributed by atoms with E-state index in [1.165, 1.54) is 12.1 Å². The number of amides is 1. The molecule has 0 saturated heterocycles. The Labute approximate surface area is 206 Å². The Morgan fingerprint density at radius 2 is 1.66 bits per heavy atom. The van der Waals surface area contributed by atoms with Gasteiger partial charge in [-0.25, -0.2) is 14.8 Å². The lowest BCUT2D eigenvalue weighted by Crippen LogP contribution is -2.34. The van der Waals surface area contributed by atoms with Crippen molar-refractivity contribution in [3.63, 3.8) is 0 Å². The summed E-state index contributed by atoms with van der Waals surface area (Å²) >= 11 is 0. The van der Waals surface area contributed by atoms with Crippen molar-refractivity contribution in [2.45, 2.75) is 44.8 Å². The summed E-state index contributed by atoms with van der Waals surface area (Å²) in [7, 11) is -3.89. The first-order chi connectivity index (χ1) is 16.5. The van der Waals surface area contributed by atoms with Gasteiger partial charge in [0.2, 0.25) is 0 Å². The molecule has 0 radical (unpaired) electrons. The monoisotopic (exact) mass is 498 g/mol. The summed E-state index contributed by atoms with van der Waals surface area (Å²) in [5.74, 6) is 0.456. The van der Waals surface area contributed by atoms with Crippen molar-refractivity contribution in [3.05, 3.63) is 72.1 Å². The van der Waals surface area contributed by atoms with E-state index >= 15 is 0 Å². The minimum Gasteiger partial charge on any atom is -0.444 e. The van der Waals surface area contributed by atoms with E-state index in [9.17, 15) is 13.2 Å². The van der Waals surface area contributed by atoms with Crippen LogP contribution in [0.3, 0.4) is 0 Å². The Hall–Kier alpha value is -3.50. The van der Waals surface area contributed by atoms with Gasteiger partial charge in [0.1, 0.15) is 12.2 Å². The molecule has 0 atom stereocenters. The van der Waals surface area contributed by atoms with Crippen molar-refractivity contribution >= 4 is 21.9 Å². The molecule has 0 spiro atoms. The van der Waals surface area contributed by atoms with E-state index in [-0.39, 0.29) is 11.5 Å². The minimum atomic E-state index is -3.89. The lowest BCUT2D eigenvalue weighted by Gasteiger charge is -2.19. The molecule has 2 N–H and O–H groups in total. The highest BCUT2D eigenvalue weighted by molar-refractivity contribution is 7.86. The van der Waals surface area contributed by atoms with Gasteiger partial charge < -0.3 is 15.4 Å². The fourth-order valence-electron chi connectivity index (χ4n) is 2.95. The lowest BCUT2D eigenvalue weighted by molar-refractivity contribution is 0.0530. The first-order valence-electron chi connectivity index (χ1n) is 11.1. The number of alkyl carbamates (subject to hydrolysis) is 1. The molecule has 0 aliphatic carbocycles. The molecule has 186 valence electrons. The zero-order valence-electron chi connectivity index (χ0n) is 20.2. The number of aromatic nitrogens is 2. The van der Waals surface area contributed by atoms with Crippen LogP contribution in [0.5, 0.6) is 0 Å². The van der Waals surface area contributed by atoms with Crippen LogP contribution in [0.1, 0.15) is 32.0 Å². The Morgan fingerprint density at radius 3 is 2.31 bits per heavy atom. The van der Waals surface area contributed by atoms with Crippen LogP contribution in [0, 0.1) is 6.92 Å². The molecule has 0 bridgehead atoms. The fraction of sp³-hybridized carbons (Fsp3) is 0.320. The second-order valence-electron chi connectivity index (χ2n) is 8.83. The van der Waals surface area contributed by atoms with Gasteiger partial charge >= 0.3 is 6.09 Å². The van der Waals surface area contributed by atoms with Gasteiger partial charge in [0.15, 0.2) is 5.82 Å². The van der Waals surface area contributed by atoms with Crippen molar-refractivity contribution in [2.75, 3.05) is 18.4 Å². The Balaban J connectivity index is 1.53. The summed E-state index contributed by atoms with van der Waals surface area (Å²) in [4.78, 5) is 20.5. The smallest absolute Gasteiger partial charge is 0.407 e. The van der Waals surface area contributed by atoms with Gasteiger partial charge in [-0.1, -0.05) is 17.7 Å². The highest BCUT2D eigenvalue weighted by atomic mass is 32.2. The number of rotatable bonds is 9. The van der Waals surface area contributed by atoms with Crippen LogP contribution < -0.4 is 10.6 Å². The molecule has 3 aromatic rings. The Bertz CT molecular complexity index is 1240. The highest BCUT2D eigenvalue weighted by Crippen LogP contribution is 2.19. The third-order valence-electron chi connectivity index (χ3n) is 4.65. The van der Waals surface area contributed by atoms with E-state index in [0.29, 0.717) is 24.6 Å². The van der Waals surface area contributed by atoms with Crippen molar-refractivity contribution in [1.82, 2.24) is 15.3 Å². The van der Waals surface area contributed by atoms with E-state index in [1.807, 2.05) is 52.0 Å². The summed E-state index contributed by atoms with van der Waals surface area (Å²) in [5, 5.41) is 5.90. The van der Waals surface area contributed by atoms with Crippen LogP contribution in [0.25, 0.3) is 11.4 Å². The molecule has 0 saturated carbocycles. The van der Waals surface area contributed by atoms with Crippen molar-refractivity contribution in [2.24, 2.45) is 0 Å². The summed E-state index contributed by atoms with van der Waals surface area (Å²) in [6.07, 6.45) is 1.11. The average Bonchev–Trinajstić information content (AvgIpc) is 2.80. The minimum absolute atomic E-state index is 0.0989. The molecule has 1 heterocycles. The molecule has 0 aliphatic rings. The van der Waals surface area contributed by atoms with Gasteiger partial charge in [-0.15, -0.1) is 0 Å². The SMILES string of the molecule is Cc1ccc(S(=O)(=O)OCc2ccnc(-c3ccc(NCCNC(=O)OC(C)(C)C)cc3)n2)cc1. The second-order valence-corrected chi connectivity index (χ2v) is 10.4. The largest absolute Gasteiger partial charge is 0.444 e. The predicted octanol–water partition coefficient (Wildman–Crippen LogP) is 4.29. The molecule has 1 amide bonds. The lowest BCUT2D eigenvalue weighted by atomic mass is 10.2. The number of nitrogens with one attached hydrogen (secondary N) is 2. The Kier molecular flexibility index (Phi) is 8.42. The number of hydrogen-bond donors (Lipinski definition) is 2. The number of carbonyl (C=O) groups excluding carboxylic acids is 1.